The number of allylic oxidation sites excluding steroid dienone is 1. The Labute approximate surface area is 212 Å². The van der Waals surface area contributed by atoms with Crippen LogP contribution in [-0.2, 0) is 14.3 Å². The molecule has 0 aliphatic carbocycles. The van der Waals surface area contributed by atoms with Crippen LogP contribution >= 0.6 is 0 Å². The number of carboxylic acids is 1. The third-order valence-electron chi connectivity index (χ3n) is 5.20. The third-order valence-corrected chi connectivity index (χ3v) is 5.20. The largest absolute Gasteiger partial charge is 0.493 e. The smallest absolute Gasteiger partial charge is 0.338 e. The zero-order valence-electron chi connectivity index (χ0n) is 20.4. The van der Waals surface area contributed by atoms with Crippen molar-refractivity contribution in [2.75, 3.05) is 20.3 Å². The number of ether oxygens (including phenoxy) is 3. The number of hydrazone groups is 1. The Morgan fingerprint density at radius 2 is 1.86 bits per heavy atom. The molecule has 12 nitrogen and oxygen atoms in total. The summed E-state index contributed by atoms with van der Waals surface area (Å²) in [7, 11) is 1.42. The van der Waals surface area contributed by atoms with E-state index in [0.717, 1.165) is 0 Å². The Balaban J connectivity index is 1.66. The molecular weight excluding hydrogens is 484 g/mol. The highest BCUT2D eigenvalue weighted by Gasteiger charge is 2.32. The van der Waals surface area contributed by atoms with Gasteiger partial charge < -0.3 is 30.0 Å². The number of carboxylic acid groups (broad SMARTS) is 1. The number of esters is 1. The first-order valence-corrected chi connectivity index (χ1v) is 11.1. The molecule has 3 rings (SSSR count). The predicted molar refractivity (Wildman–Crippen MR) is 131 cm³/mol. The molecule has 1 aliphatic heterocycles. The molecule has 0 saturated heterocycles. The van der Waals surface area contributed by atoms with Gasteiger partial charge in [-0.05, 0) is 49.2 Å². The average Bonchev–Trinajstić information content (AvgIpc) is 2.87. The van der Waals surface area contributed by atoms with Crippen LogP contribution < -0.4 is 25.5 Å². The first kappa shape index (κ1) is 26.7. The summed E-state index contributed by atoms with van der Waals surface area (Å²) in [5.74, 6) is -1.61. The molecule has 0 unspecified atom stereocenters. The van der Waals surface area contributed by atoms with Gasteiger partial charge in [0.2, 0.25) is 0 Å². The normalized spacial score (nSPS) is 15.0. The second-order valence-corrected chi connectivity index (χ2v) is 7.71. The molecule has 0 spiro atoms. The molecule has 3 amide bonds. The number of hydrogen-bond donors (Lipinski definition) is 4. The van der Waals surface area contributed by atoms with E-state index in [4.69, 9.17) is 19.3 Å². The summed E-state index contributed by atoms with van der Waals surface area (Å²) in [6.45, 7) is 3.10. The van der Waals surface area contributed by atoms with Crippen LogP contribution in [0.3, 0.4) is 0 Å². The molecule has 37 heavy (non-hydrogen) atoms. The van der Waals surface area contributed by atoms with E-state index < -0.39 is 29.9 Å². The zero-order valence-corrected chi connectivity index (χ0v) is 20.4. The van der Waals surface area contributed by atoms with Crippen molar-refractivity contribution >= 4 is 30.1 Å². The topological polar surface area (TPSA) is 165 Å². The monoisotopic (exact) mass is 510 g/mol. The number of hydrogen-bond acceptors (Lipinski definition) is 8. The van der Waals surface area contributed by atoms with Crippen LogP contribution in [0, 0.1) is 0 Å². The summed E-state index contributed by atoms with van der Waals surface area (Å²) in [6.07, 6.45) is 1.36. The molecule has 4 N–H and O–H groups in total. The molecule has 2 aromatic carbocycles. The number of aromatic carboxylic acids is 1. The maximum Gasteiger partial charge on any atom is 0.338 e. The van der Waals surface area contributed by atoms with Crippen molar-refractivity contribution in [2.24, 2.45) is 5.10 Å². The highest BCUT2D eigenvalue weighted by atomic mass is 16.5. The number of amides is 3. The van der Waals surface area contributed by atoms with Crippen molar-refractivity contribution in [3.05, 3.63) is 70.4 Å². The fraction of sp³-hybridized carbons (Fsp3) is 0.240. The van der Waals surface area contributed by atoms with Gasteiger partial charge in [-0.25, -0.2) is 19.8 Å². The van der Waals surface area contributed by atoms with Crippen LogP contribution in [0.15, 0.2) is 58.8 Å². The van der Waals surface area contributed by atoms with Crippen LogP contribution in [0.5, 0.6) is 11.5 Å². The maximum absolute atomic E-state index is 12.5. The van der Waals surface area contributed by atoms with Crippen molar-refractivity contribution in [3.8, 4) is 11.5 Å². The molecular formula is C25H26N4O8. The fourth-order valence-corrected chi connectivity index (χ4v) is 3.47. The second kappa shape index (κ2) is 12.2. The van der Waals surface area contributed by atoms with E-state index in [9.17, 15) is 19.2 Å². The first-order valence-electron chi connectivity index (χ1n) is 11.1. The summed E-state index contributed by atoms with van der Waals surface area (Å²) in [5, 5.41) is 18.0. The van der Waals surface area contributed by atoms with Crippen molar-refractivity contribution in [1.82, 2.24) is 16.1 Å². The van der Waals surface area contributed by atoms with E-state index in [1.54, 1.807) is 44.2 Å². The number of urea groups is 1. The minimum atomic E-state index is -1.04. The van der Waals surface area contributed by atoms with Crippen molar-refractivity contribution in [1.29, 1.82) is 0 Å². The summed E-state index contributed by atoms with van der Waals surface area (Å²) in [5.41, 5.74) is 4.23. The molecule has 0 aromatic heterocycles. The van der Waals surface area contributed by atoms with Gasteiger partial charge in [-0.3, -0.25) is 4.79 Å². The molecule has 0 bridgehead atoms. The Morgan fingerprint density at radius 1 is 1.14 bits per heavy atom. The standard InChI is InChI=1S/C25H26N4O8/c1-4-36-24(33)21-14(2)27-25(34)28-22(21)17-9-10-18(19(11-17)35-3)37-13-20(30)29-26-12-15-5-7-16(8-6-15)23(31)32/h5-12,22H,4,13H2,1-3H3,(H,29,30)(H,31,32)(H2,27,28,34)/b26-12-/t22-/m1/s1. The highest BCUT2D eigenvalue weighted by Crippen LogP contribution is 2.34. The number of nitrogens with zero attached hydrogens (tertiary/aromatic N) is 1. The molecule has 1 aliphatic rings. The summed E-state index contributed by atoms with van der Waals surface area (Å²) < 4.78 is 16.1. The number of nitrogens with one attached hydrogen (secondary N) is 3. The van der Waals surface area contributed by atoms with Gasteiger partial charge in [-0.15, -0.1) is 0 Å². The highest BCUT2D eigenvalue weighted by molar-refractivity contribution is 5.95. The van der Waals surface area contributed by atoms with E-state index in [1.165, 1.54) is 25.5 Å². The summed E-state index contributed by atoms with van der Waals surface area (Å²) >= 11 is 0. The van der Waals surface area contributed by atoms with Crippen LogP contribution in [0.2, 0.25) is 0 Å². The number of methoxy groups -OCH3 is 1. The number of carbonyl (C=O) groups is 4. The fourth-order valence-electron chi connectivity index (χ4n) is 3.47. The van der Waals surface area contributed by atoms with Gasteiger partial charge in [0.15, 0.2) is 18.1 Å². The van der Waals surface area contributed by atoms with Crippen molar-refractivity contribution in [3.63, 3.8) is 0 Å². The molecule has 12 heteroatoms. The van der Waals surface area contributed by atoms with Gasteiger partial charge in [-0.1, -0.05) is 18.2 Å². The Bertz CT molecular complexity index is 1250. The lowest BCUT2D eigenvalue weighted by Crippen LogP contribution is -2.45. The van der Waals surface area contributed by atoms with Crippen molar-refractivity contribution < 1.29 is 38.5 Å². The van der Waals surface area contributed by atoms with Crippen LogP contribution in [-0.4, -0.2) is 55.5 Å². The molecule has 0 radical (unpaired) electrons. The van der Waals surface area contributed by atoms with Crippen LogP contribution in [0.1, 0.15) is 41.4 Å². The van der Waals surface area contributed by atoms with Gasteiger partial charge in [0.1, 0.15) is 0 Å². The molecule has 0 saturated carbocycles. The van der Waals surface area contributed by atoms with Gasteiger partial charge >= 0.3 is 18.0 Å². The van der Waals surface area contributed by atoms with Gasteiger partial charge in [0, 0.05) is 5.70 Å². The second-order valence-electron chi connectivity index (χ2n) is 7.71. The molecule has 0 fully saturated rings. The Hall–Kier alpha value is -4.87. The molecule has 1 heterocycles. The molecule has 194 valence electrons. The molecule has 1 atom stereocenters. The number of benzene rings is 2. The maximum atomic E-state index is 12.5. The quantitative estimate of drug-likeness (QED) is 0.214. The Kier molecular flexibility index (Phi) is 8.81. The van der Waals surface area contributed by atoms with E-state index in [-0.39, 0.29) is 35.8 Å². The average molecular weight is 511 g/mol. The lowest BCUT2D eigenvalue weighted by atomic mass is 9.95. The van der Waals surface area contributed by atoms with Gasteiger partial charge in [0.05, 0.1) is 37.1 Å². The SMILES string of the molecule is CCOC(=O)C1=C(C)NC(=O)N[C@@H]1c1ccc(OCC(=O)N/N=C\c2ccc(C(=O)O)cc2)c(OC)c1. The van der Waals surface area contributed by atoms with E-state index in [1.807, 2.05) is 0 Å². The minimum Gasteiger partial charge on any atom is -0.493 e. The minimum absolute atomic E-state index is 0.139. The van der Waals surface area contributed by atoms with Gasteiger partial charge in [-0.2, -0.15) is 5.10 Å². The van der Waals surface area contributed by atoms with Gasteiger partial charge in [0.25, 0.3) is 5.91 Å². The first-order chi connectivity index (χ1) is 17.7. The van der Waals surface area contributed by atoms with E-state index >= 15 is 0 Å². The molecule has 2 aromatic rings. The van der Waals surface area contributed by atoms with E-state index in [0.29, 0.717) is 16.8 Å². The van der Waals surface area contributed by atoms with Crippen LogP contribution in [0.4, 0.5) is 4.79 Å². The lowest BCUT2D eigenvalue weighted by molar-refractivity contribution is -0.139. The lowest BCUT2D eigenvalue weighted by Gasteiger charge is -2.28. The summed E-state index contributed by atoms with van der Waals surface area (Å²) in [4.78, 5) is 47.6. The van der Waals surface area contributed by atoms with Crippen molar-refractivity contribution in [2.45, 2.75) is 19.9 Å². The zero-order chi connectivity index (χ0) is 26.9. The van der Waals surface area contributed by atoms with Crippen LogP contribution in [0.25, 0.3) is 0 Å². The summed E-state index contributed by atoms with van der Waals surface area (Å²) in [6, 6.07) is 9.49. The predicted octanol–water partition coefficient (Wildman–Crippen LogP) is 2.11. The van der Waals surface area contributed by atoms with E-state index in [2.05, 4.69) is 21.2 Å². The third kappa shape index (κ3) is 6.84. The number of rotatable bonds is 10. The Morgan fingerprint density at radius 3 is 2.51 bits per heavy atom. The number of carbonyl (C=O) groups excluding carboxylic acids is 3.